The zero-order valence-corrected chi connectivity index (χ0v) is 16.7. The molecule has 1 saturated heterocycles. The Kier molecular flexibility index (Phi) is 9.82. The summed E-state index contributed by atoms with van der Waals surface area (Å²) in [6, 6.07) is 10.8. The Balaban J connectivity index is 0.00000242. The van der Waals surface area contributed by atoms with Gasteiger partial charge in [0.1, 0.15) is 5.75 Å². The molecule has 0 spiro atoms. The van der Waals surface area contributed by atoms with Gasteiger partial charge in [0.05, 0.1) is 12.5 Å². The predicted molar refractivity (Wildman–Crippen MR) is 102 cm³/mol. The quantitative estimate of drug-likeness (QED) is 0.798. The zero-order valence-electron chi connectivity index (χ0n) is 14.0. The maximum absolute atomic E-state index is 9.12. The average molecular weight is 376 g/mol. The van der Waals surface area contributed by atoms with E-state index in [0.717, 1.165) is 31.9 Å². The predicted octanol–water partition coefficient (Wildman–Crippen LogP) is 3.60. The molecule has 0 radical (unpaired) electrons. The number of rotatable bonds is 5. The number of nitrogens with zero attached hydrogens (tertiary/aromatic N) is 2. The summed E-state index contributed by atoms with van der Waals surface area (Å²) in [5.41, 5.74) is 1.21. The zero-order chi connectivity index (χ0) is 15.3. The molecule has 1 aliphatic rings. The molecule has 4 nitrogen and oxygen atoms in total. The van der Waals surface area contributed by atoms with Gasteiger partial charge in [0, 0.05) is 32.2 Å². The Hall–Kier alpha value is -0.773. The first-order chi connectivity index (χ1) is 9.99. The van der Waals surface area contributed by atoms with E-state index < -0.39 is 8.32 Å². The third-order valence-electron chi connectivity index (χ3n) is 3.57. The minimum Gasteiger partial charge on any atom is -0.544 e. The highest BCUT2D eigenvalue weighted by molar-refractivity contribution is 6.70. The van der Waals surface area contributed by atoms with Crippen molar-refractivity contribution in [1.82, 2.24) is 10.2 Å². The van der Waals surface area contributed by atoms with Crippen LogP contribution in [0.2, 0.25) is 19.6 Å². The van der Waals surface area contributed by atoms with Crippen LogP contribution in [-0.4, -0.2) is 39.4 Å². The van der Waals surface area contributed by atoms with E-state index in [9.17, 15) is 0 Å². The summed E-state index contributed by atoms with van der Waals surface area (Å²) >= 11 is 0. The topological polar surface area (TPSA) is 48.3 Å². The van der Waals surface area contributed by atoms with Crippen molar-refractivity contribution in [3.63, 3.8) is 0 Å². The highest BCUT2D eigenvalue weighted by Gasteiger charge is 2.22. The molecule has 0 aromatic heterocycles. The largest absolute Gasteiger partial charge is 0.544 e. The third-order valence-corrected chi connectivity index (χ3v) is 4.41. The SMILES string of the molecule is C[Si](C)(C)Oc1ccc([C@H](CC#N)N2CCNCC2)cc1.Cl.Cl. The second-order valence-electron chi connectivity index (χ2n) is 6.45. The summed E-state index contributed by atoms with van der Waals surface area (Å²) in [5, 5.41) is 12.5. The molecule has 130 valence electrons. The molecule has 0 saturated carbocycles. The molecular formula is C16H27Cl2N3OSi. The van der Waals surface area contributed by atoms with Crippen LogP contribution in [-0.2, 0) is 0 Å². The van der Waals surface area contributed by atoms with E-state index in [2.05, 4.69) is 48.1 Å². The van der Waals surface area contributed by atoms with E-state index in [1.54, 1.807) is 0 Å². The van der Waals surface area contributed by atoms with Crippen LogP contribution in [0.3, 0.4) is 0 Å². The van der Waals surface area contributed by atoms with Gasteiger partial charge in [-0.3, -0.25) is 4.90 Å². The number of nitriles is 1. The number of piperazine rings is 1. The summed E-state index contributed by atoms with van der Waals surface area (Å²) in [7, 11) is -1.56. The van der Waals surface area contributed by atoms with Gasteiger partial charge < -0.3 is 9.74 Å². The molecule has 0 aliphatic carbocycles. The van der Waals surface area contributed by atoms with E-state index >= 15 is 0 Å². The third kappa shape index (κ3) is 7.11. The number of hydrogen-bond donors (Lipinski definition) is 1. The van der Waals surface area contributed by atoms with E-state index in [0.29, 0.717) is 6.42 Å². The van der Waals surface area contributed by atoms with Gasteiger partial charge in [-0.15, -0.1) is 24.8 Å². The number of hydrogen-bond acceptors (Lipinski definition) is 4. The normalized spacial score (nSPS) is 16.4. The van der Waals surface area contributed by atoms with Gasteiger partial charge in [-0.05, 0) is 37.3 Å². The van der Waals surface area contributed by atoms with E-state index in [4.69, 9.17) is 9.69 Å². The summed E-state index contributed by atoms with van der Waals surface area (Å²) in [5.74, 6) is 0.939. The smallest absolute Gasteiger partial charge is 0.242 e. The molecule has 7 heteroatoms. The molecule has 0 amide bonds. The lowest BCUT2D eigenvalue weighted by atomic mass is 10.0. The molecule has 1 aromatic rings. The van der Waals surface area contributed by atoms with E-state index in [-0.39, 0.29) is 30.9 Å². The van der Waals surface area contributed by atoms with Crippen LogP contribution in [0.4, 0.5) is 0 Å². The molecular weight excluding hydrogens is 349 g/mol. The summed E-state index contributed by atoms with van der Waals surface area (Å²) in [4.78, 5) is 2.40. The molecule has 0 bridgehead atoms. The fraction of sp³-hybridized carbons (Fsp3) is 0.562. The van der Waals surface area contributed by atoms with Crippen LogP contribution in [0, 0.1) is 11.3 Å². The van der Waals surface area contributed by atoms with Crippen molar-refractivity contribution in [2.45, 2.75) is 32.1 Å². The van der Waals surface area contributed by atoms with Gasteiger partial charge >= 0.3 is 0 Å². The van der Waals surface area contributed by atoms with Gasteiger partial charge in [0.25, 0.3) is 0 Å². The maximum atomic E-state index is 9.12. The minimum atomic E-state index is -1.56. The van der Waals surface area contributed by atoms with Crippen molar-refractivity contribution in [2.24, 2.45) is 0 Å². The van der Waals surface area contributed by atoms with Crippen LogP contribution in [0.5, 0.6) is 5.75 Å². The number of nitrogens with one attached hydrogen (secondary N) is 1. The molecule has 1 aromatic carbocycles. The first-order valence-corrected chi connectivity index (χ1v) is 11.0. The summed E-state index contributed by atoms with van der Waals surface area (Å²) in [6.45, 7) is 10.5. The van der Waals surface area contributed by atoms with Crippen LogP contribution < -0.4 is 9.74 Å². The van der Waals surface area contributed by atoms with Gasteiger partial charge in [0.2, 0.25) is 8.32 Å². The lowest BCUT2D eigenvalue weighted by Crippen LogP contribution is -2.45. The van der Waals surface area contributed by atoms with Crippen molar-refractivity contribution in [3.05, 3.63) is 29.8 Å². The molecule has 0 unspecified atom stereocenters. The van der Waals surface area contributed by atoms with Crippen molar-refractivity contribution >= 4 is 33.1 Å². The Morgan fingerprint density at radius 3 is 2.22 bits per heavy atom. The first-order valence-electron chi connectivity index (χ1n) is 7.60. The molecule has 23 heavy (non-hydrogen) atoms. The second-order valence-corrected chi connectivity index (χ2v) is 10.9. The van der Waals surface area contributed by atoms with Crippen molar-refractivity contribution < 1.29 is 4.43 Å². The Morgan fingerprint density at radius 1 is 1.17 bits per heavy atom. The fourth-order valence-corrected chi connectivity index (χ4v) is 3.49. The standard InChI is InChI=1S/C16H25N3OSi.2ClH/c1-21(2,3)20-15-6-4-14(5-7-15)16(8-9-17)19-12-10-18-11-13-19;;/h4-7,16,18H,8,10-13H2,1-3H3;2*1H/t16-;;/m0../s1. The number of halogens is 2. The Morgan fingerprint density at radius 2 is 1.74 bits per heavy atom. The lowest BCUT2D eigenvalue weighted by molar-refractivity contribution is 0.175. The van der Waals surface area contributed by atoms with Crippen molar-refractivity contribution in [2.75, 3.05) is 26.2 Å². The van der Waals surface area contributed by atoms with Crippen molar-refractivity contribution in [1.29, 1.82) is 5.26 Å². The Bertz CT molecular complexity index is 494. The van der Waals surface area contributed by atoms with Gasteiger partial charge in [-0.25, -0.2) is 0 Å². The molecule has 1 N–H and O–H groups in total. The minimum absolute atomic E-state index is 0. The van der Waals surface area contributed by atoms with E-state index in [1.807, 2.05) is 12.1 Å². The van der Waals surface area contributed by atoms with Gasteiger partial charge in [-0.2, -0.15) is 5.26 Å². The monoisotopic (exact) mass is 375 g/mol. The highest BCUT2D eigenvalue weighted by atomic mass is 35.5. The Labute approximate surface area is 153 Å². The lowest BCUT2D eigenvalue weighted by Gasteiger charge is -2.34. The first kappa shape index (κ1) is 22.2. The average Bonchev–Trinajstić information content (AvgIpc) is 2.45. The van der Waals surface area contributed by atoms with Crippen LogP contribution in [0.1, 0.15) is 18.0 Å². The molecule has 1 heterocycles. The summed E-state index contributed by atoms with van der Waals surface area (Å²) < 4.78 is 5.99. The molecule has 1 fully saturated rings. The second kappa shape index (κ2) is 10.2. The van der Waals surface area contributed by atoms with E-state index in [1.165, 1.54) is 5.56 Å². The van der Waals surface area contributed by atoms with Crippen LogP contribution in [0.15, 0.2) is 24.3 Å². The number of benzene rings is 1. The van der Waals surface area contributed by atoms with Crippen molar-refractivity contribution in [3.8, 4) is 11.8 Å². The van der Waals surface area contributed by atoms with Crippen LogP contribution in [0.25, 0.3) is 0 Å². The fourth-order valence-electron chi connectivity index (χ4n) is 2.65. The highest BCUT2D eigenvalue weighted by Crippen LogP contribution is 2.27. The van der Waals surface area contributed by atoms with Gasteiger partial charge in [0.15, 0.2) is 0 Å². The molecule has 1 aliphatic heterocycles. The summed E-state index contributed by atoms with van der Waals surface area (Å²) in [6.07, 6.45) is 0.536. The molecule has 1 atom stereocenters. The van der Waals surface area contributed by atoms with Gasteiger partial charge in [-0.1, -0.05) is 12.1 Å². The molecule has 2 rings (SSSR count). The maximum Gasteiger partial charge on any atom is 0.242 e. The van der Waals surface area contributed by atoms with Crippen LogP contribution >= 0.6 is 24.8 Å².